The Hall–Kier alpha value is -2.41. The van der Waals surface area contributed by atoms with Gasteiger partial charge in [-0.1, -0.05) is 18.2 Å². The Kier molecular flexibility index (Phi) is 5.56. The summed E-state index contributed by atoms with van der Waals surface area (Å²) >= 11 is 0. The first-order valence-electron chi connectivity index (χ1n) is 7.41. The monoisotopic (exact) mass is 349 g/mol. The molecule has 0 radical (unpaired) electrons. The molecule has 2 aromatic carbocycles. The SMILES string of the molecule is Cc1ccc(NC(N)=NCCS(=O)(=O)c2ccccc2F)cc1C. The summed E-state index contributed by atoms with van der Waals surface area (Å²) < 4.78 is 37.8. The van der Waals surface area contributed by atoms with Gasteiger partial charge < -0.3 is 11.1 Å². The zero-order valence-electron chi connectivity index (χ0n) is 13.6. The molecule has 0 saturated heterocycles. The summed E-state index contributed by atoms with van der Waals surface area (Å²) in [5.41, 5.74) is 8.80. The fourth-order valence-electron chi connectivity index (χ4n) is 2.10. The minimum atomic E-state index is -3.74. The summed E-state index contributed by atoms with van der Waals surface area (Å²) in [5.74, 6) is -0.965. The normalized spacial score (nSPS) is 12.2. The number of nitrogens with one attached hydrogen (secondary N) is 1. The first-order chi connectivity index (χ1) is 11.3. The Morgan fingerprint density at radius 1 is 1.17 bits per heavy atom. The molecule has 0 heterocycles. The van der Waals surface area contributed by atoms with Crippen molar-refractivity contribution in [1.29, 1.82) is 0 Å². The van der Waals surface area contributed by atoms with Crippen LogP contribution in [0.5, 0.6) is 0 Å². The molecule has 3 N–H and O–H groups in total. The molecule has 7 heteroatoms. The summed E-state index contributed by atoms with van der Waals surface area (Å²) in [7, 11) is -3.74. The fraction of sp³-hybridized carbons (Fsp3) is 0.235. The molecule has 0 aromatic heterocycles. The number of sulfone groups is 1. The number of nitrogens with zero attached hydrogens (tertiary/aromatic N) is 1. The number of rotatable bonds is 5. The Balaban J connectivity index is 2.00. The number of hydrogen-bond donors (Lipinski definition) is 2. The van der Waals surface area contributed by atoms with E-state index in [2.05, 4.69) is 10.3 Å². The molecule has 0 atom stereocenters. The maximum absolute atomic E-state index is 13.6. The number of anilines is 1. The molecule has 0 fully saturated rings. The van der Waals surface area contributed by atoms with Gasteiger partial charge in [-0.25, -0.2) is 12.8 Å². The van der Waals surface area contributed by atoms with Crippen molar-refractivity contribution in [2.24, 2.45) is 10.7 Å². The number of aliphatic imine (C=N–C) groups is 1. The molecule has 0 amide bonds. The summed E-state index contributed by atoms with van der Waals surface area (Å²) in [6, 6.07) is 11.0. The predicted octanol–water partition coefficient (Wildman–Crippen LogP) is 2.64. The van der Waals surface area contributed by atoms with Crippen molar-refractivity contribution in [3.63, 3.8) is 0 Å². The van der Waals surface area contributed by atoms with E-state index in [9.17, 15) is 12.8 Å². The Bertz CT molecular complexity index is 864. The minimum absolute atomic E-state index is 0.0552. The number of hydrogen-bond acceptors (Lipinski definition) is 3. The van der Waals surface area contributed by atoms with Gasteiger partial charge in [0.15, 0.2) is 15.8 Å². The van der Waals surface area contributed by atoms with Crippen LogP contribution in [0.4, 0.5) is 10.1 Å². The molecule has 24 heavy (non-hydrogen) atoms. The highest BCUT2D eigenvalue weighted by Gasteiger charge is 2.18. The maximum atomic E-state index is 13.6. The second kappa shape index (κ2) is 7.44. The van der Waals surface area contributed by atoms with Crippen molar-refractivity contribution < 1.29 is 12.8 Å². The van der Waals surface area contributed by atoms with Crippen LogP contribution in [-0.4, -0.2) is 26.7 Å². The van der Waals surface area contributed by atoms with Crippen LogP contribution in [0, 0.1) is 19.7 Å². The van der Waals surface area contributed by atoms with Crippen LogP contribution < -0.4 is 11.1 Å². The largest absolute Gasteiger partial charge is 0.370 e. The molecule has 0 aliphatic heterocycles. The van der Waals surface area contributed by atoms with Gasteiger partial charge >= 0.3 is 0 Å². The quantitative estimate of drug-likeness (QED) is 0.642. The maximum Gasteiger partial charge on any atom is 0.193 e. The van der Waals surface area contributed by atoms with Gasteiger partial charge in [-0.05, 0) is 49.2 Å². The van der Waals surface area contributed by atoms with Crippen LogP contribution >= 0.6 is 0 Å². The standard InChI is InChI=1S/C17H20FN3O2S/c1-12-7-8-14(11-13(12)2)21-17(19)20-9-10-24(22,23)16-6-4-3-5-15(16)18/h3-8,11H,9-10H2,1-2H3,(H3,19,20,21). The van der Waals surface area contributed by atoms with Gasteiger partial charge in [-0.15, -0.1) is 0 Å². The van der Waals surface area contributed by atoms with E-state index < -0.39 is 15.7 Å². The summed E-state index contributed by atoms with van der Waals surface area (Å²) in [6.45, 7) is 3.93. The van der Waals surface area contributed by atoms with E-state index in [1.165, 1.54) is 18.2 Å². The van der Waals surface area contributed by atoms with Crippen LogP contribution in [-0.2, 0) is 9.84 Å². The van der Waals surface area contributed by atoms with Gasteiger partial charge in [0, 0.05) is 5.69 Å². The van der Waals surface area contributed by atoms with Crippen molar-refractivity contribution in [3.05, 3.63) is 59.4 Å². The Morgan fingerprint density at radius 3 is 2.54 bits per heavy atom. The predicted molar refractivity (Wildman–Crippen MR) is 94.5 cm³/mol. The number of benzene rings is 2. The van der Waals surface area contributed by atoms with Crippen LogP contribution in [0.15, 0.2) is 52.4 Å². The van der Waals surface area contributed by atoms with E-state index in [-0.39, 0.29) is 23.2 Å². The van der Waals surface area contributed by atoms with Gasteiger partial charge in [0.25, 0.3) is 0 Å². The third-order valence-electron chi connectivity index (χ3n) is 3.59. The molecule has 0 saturated carbocycles. The average molecular weight is 349 g/mol. The zero-order valence-corrected chi connectivity index (χ0v) is 14.4. The smallest absolute Gasteiger partial charge is 0.193 e. The van der Waals surface area contributed by atoms with Crippen LogP contribution in [0.2, 0.25) is 0 Å². The highest BCUT2D eigenvalue weighted by Crippen LogP contribution is 2.15. The highest BCUT2D eigenvalue weighted by molar-refractivity contribution is 7.91. The van der Waals surface area contributed by atoms with Gasteiger partial charge in [0.05, 0.1) is 12.3 Å². The summed E-state index contributed by atoms with van der Waals surface area (Å²) in [5, 5.41) is 2.91. The van der Waals surface area contributed by atoms with Gasteiger partial charge in [0.2, 0.25) is 0 Å². The molecule has 5 nitrogen and oxygen atoms in total. The van der Waals surface area contributed by atoms with Gasteiger partial charge in [0.1, 0.15) is 10.7 Å². The van der Waals surface area contributed by atoms with Crippen molar-refractivity contribution in [1.82, 2.24) is 0 Å². The molecule has 0 aliphatic carbocycles. The fourth-order valence-corrected chi connectivity index (χ4v) is 3.30. The van der Waals surface area contributed by atoms with Gasteiger partial charge in [-0.2, -0.15) is 0 Å². The van der Waals surface area contributed by atoms with E-state index in [0.717, 1.165) is 22.9 Å². The third kappa shape index (κ3) is 4.55. The summed E-state index contributed by atoms with van der Waals surface area (Å²) in [6.07, 6.45) is 0. The topological polar surface area (TPSA) is 84.5 Å². The van der Waals surface area contributed by atoms with Gasteiger partial charge in [-0.3, -0.25) is 4.99 Å². The lowest BCUT2D eigenvalue weighted by Crippen LogP contribution is -2.24. The molecule has 128 valence electrons. The lowest BCUT2D eigenvalue weighted by molar-refractivity contribution is 0.567. The lowest BCUT2D eigenvalue weighted by Gasteiger charge is -2.08. The van der Waals surface area contributed by atoms with Crippen molar-refractivity contribution >= 4 is 21.5 Å². The molecule has 0 bridgehead atoms. The number of guanidine groups is 1. The second-order valence-electron chi connectivity index (χ2n) is 5.44. The van der Waals surface area contributed by atoms with Crippen LogP contribution in [0.3, 0.4) is 0 Å². The average Bonchev–Trinajstić information content (AvgIpc) is 2.51. The molecular formula is C17H20FN3O2S. The van der Waals surface area contributed by atoms with Crippen molar-refractivity contribution in [3.8, 4) is 0 Å². The molecule has 0 spiro atoms. The molecule has 2 rings (SSSR count). The summed E-state index contributed by atoms with van der Waals surface area (Å²) in [4.78, 5) is 3.67. The lowest BCUT2D eigenvalue weighted by atomic mass is 10.1. The Labute approximate surface area is 141 Å². The second-order valence-corrected chi connectivity index (χ2v) is 7.52. The third-order valence-corrected chi connectivity index (χ3v) is 5.31. The zero-order chi connectivity index (χ0) is 17.7. The number of nitrogens with two attached hydrogens (primary N) is 1. The minimum Gasteiger partial charge on any atom is -0.370 e. The van der Waals surface area contributed by atoms with E-state index in [4.69, 9.17) is 5.73 Å². The number of halogens is 1. The van der Waals surface area contributed by atoms with Crippen molar-refractivity contribution in [2.75, 3.05) is 17.6 Å². The number of aryl methyl sites for hydroxylation is 2. The van der Waals surface area contributed by atoms with Crippen LogP contribution in [0.25, 0.3) is 0 Å². The van der Waals surface area contributed by atoms with E-state index in [1.54, 1.807) is 0 Å². The first kappa shape index (κ1) is 17.9. The first-order valence-corrected chi connectivity index (χ1v) is 9.06. The Morgan fingerprint density at radius 2 is 1.88 bits per heavy atom. The molecular weight excluding hydrogens is 329 g/mol. The van der Waals surface area contributed by atoms with Crippen molar-refractivity contribution in [2.45, 2.75) is 18.7 Å². The highest BCUT2D eigenvalue weighted by atomic mass is 32.2. The molecule has 0 unspecified atom stereocenters. The molecule has 0 aliphatic rings. The van der Waals surface area contributed by atoms with E-state index >= 15 is 0 Å². The van der Waals surface area contributed by atoms with E-state index in [1.807, 2.05) is 32.0 Å². The van der Waals surface area contributed by atoms with Crippen LogP contribution in [0.1, 0.15) is 11.1 Å². The molecule has 2 aromatic rings. The van der Waals surface area contributed by atoms with E-state index in [0.29, 0.717) is 0 Å².